The van der Waals surface area contributed by atoms with Gasteiger partial charge in [-0.3, -0.25) is 14.4 Å². The first-order chi connectivity index (χ1) is 15.9. The molecular formula is C25H26O9. The average Bonchev–Trinajstić information content (AvgIpc) is 2.74. The normalized spacial score (nSPS) is 39.6. The van der Waals surface area contributed by atoms with Crippen LogP contribution in [0.25, 0.3) is 0 Å². The number of aliphatic hydroxyl groups excluding tert-OH is 1. The molecule has 1 heterocycles. The molecule has 1 saturated heterocycles. The summed E-state index contributed by atoms with van der Waals surface area (Å²) in [4.78, 5) is 40.9. The maximum atomic E-state index is 13.8. The van der Waals surface area contributed by atoms with Crippen LogP contribution in [0.5, 0.6) is 5.75 Å². The van der Waals surface area contributed by atoms with E-state index in [9.17, 15) is 34.8 Å². The highest BCUT2D eigenvalue weighted by molar-refractivity contribution is 6.31. The lowest BCUT2D eigenvalue weighted by atomic mass is 9.57. The molecule has 4 aliphatic rings. The van der Waals surface area contributed by atoms with E-state index in [0.29, 0.717) is 6.42 Å². The van der Waals surface area contributed by atoms with Gasteiger partial charge in [0.2, 0.25) is 0 Å². The SMILES string of the molecule is C[C@@H]1OC(O[C@@]23C(=O)C[C@](C)(O)C[C@]2(O)C=CC2=C3C(=O)c3cccc(O)c3C2=O)CC[C@H]1O. The van der Waals surface area contributed by atoms with E-state index in [1.807, 2.05) is 0 Å². The largest absolute Gasteiger partial charge is 0.507 e. The van der Waals surface area contributed by atoms with Gasteiger partial charge in [0.1, 0.15) is 11.4 Å². The van der Waals surface area contributed by atoms with Crippen molar-refractivity contribution in [1.29, 1.82) is 0 Å². The summed E-state index contributed by atoms with van der Waals surface area (Å²) >= 11 is 0. The van der Waals surface area contributed by atoms with E-state index in [2.05, 4.69) is 0 Å². The number of allylic oxidation sites excluding steroid dienone is 2. The second-order valence-corrected chi connectivity index (χ2v) is 9.89. The molecule has 0 aromatic heterocycles. The number of phenolic OH excluding ortho intramolecular Hbond substituents is 1. The molecule has 4 N–H and O–H groups in total. The first kappa shape index (κ1) is 23.1. The molecule has 6 atom stereocenters. The molecule has 1 aromatic rings. The molecule has 0 bridgehead atoms. The van der Waals surface area contributed by atoms with Gasteiger partial charge in [-0.25, -0.2) is 0 Å². The first-order valence-electron chi connectivity index (χ1n) is 11.2. The number of Topliss-reactive ketones (excluding diaryl/α,β-unsaturated/α-hetero) is 3. The molecule has 1 aliphatic heterocycles. The highest BCUT2D eigenvalue weighted by Gasteiger charge is 2.68. The number of hydrogen-bond acceptors (Lipinski definition) is 9. The summed E-state index contributed by atoms with van der Waals surface area (Å²) in [5.74, 6) is -2.55. The summed E-state index contributed by atoms with van der Waals surface area (Å²) in [6, 6.07) is 4.06. The molecule has 180 valence electrons. The minimum atomic E-state index is -2.32. The topological polar surface area (TPSA) is 151 Å². The lowest BCUT2D eigenvalue weighted by Crippen LogP contribution is -2.71. The van der Waals surface area contributed by atoms with Crippen molar-refractivity contribution in [1.82, 2.24) is 0 Å². The summed E-state index contributed by atoms with van der Waals surface area (Å²) in [6.07, 6.45) is -0.268. The van der Waals surface area contributed by atoms with Crippen molar-refractivity contribution in [3.05, 3.63) is 52.6 Å². The van der Waals surface area contributed by atoms with Crippen molar-refractivity contribution < 1.29 is 44.3 Å². The van der Waals surface area contributed by atoms with Crippen LogP contribution in [0.15, 0.2) is 41.5 Å². The van der Waals surface area contributed by atoms with E-state index in [1.54, 1.807) is 6.92 Å². The van der Waals surface area contributed by atoms with Gasteiger partial charge in [0.15, 0.2) is 29.2 Å². The smallest absolute Gasteiger partial charge is 0.198 e. The molecule has 0 amide bonds. The van der Waals surface area contributed by atoms with Crippen molar-refractivity contribution in [3.8, 4) is 5.75 Å². The second kappa shape index (κ2) is 7.40. The standard InChI is InChI=1S/C25H26O9/c1-12-15(26)6-7-18(33-12)34-25-17(28)10-23(2,31)11-24(25,32)9-8-14-20(25)22(30)13-4-3-5-16(27)19(13)21(14)29/h3-5,8-9,12,15,18,26-27,31-32H,6-7,10-11H2,1-2H3/t12-,15+,18?,23-,24+,25+/m0/s1. The summed E-state index contributed by atoms with van der Waals surface area (Å²) in [7, 11) is 0. The maximum Gasteiger partial charge on any atom is 0.198 e. The number of aromatic hydroxyl groups is 1. The van der Waals surface area contributed by atoms with Gasteiger partial charge < -0.3 is 29.9 Å². The molecular weight excluding hydrogens is 444 g/mol. The van der Waals surface area contributed by atoms with Gasteiger partial charge in [-0.2, -0.15) is 0 Å². The van der Waals surface area contributed by atoms with E-state index in [4.69, 9.17) is 9.47 Å². The number of ketones is 3. The van der Waals surface area contributed by atoms with Crippen molar-refractivity contribution >= 4 is 17.3 Å². The van der Waals surface area contributed by atoms with Crippen LogP contribution in [0, 0.1) is 0 Å². The van der Waals surface area contributed by atoms with Crippen molar-refractivity contribution in [2.45, 2.75) is 74.8 Å². The van der Waals surface area contributed by atoms with Crippen LogP contribution < -0.4 is 0 Å². The first-order valence-corrected chi connectivity index (χ1v) is 11.2. The zero-order valence-corrected chi connectivity index (χ0v) is 18.8. The Hall–Kier alpha value is -2.69. The molecule has 1 saturated carbocycles. The number of carbonyl (C=O) groups excluding carboxylic acids is 3. The van der Waals surface area contributed by atoms with Gasteiger partial charge >= 0.3 is 0 Å². The molecule has 34 heavy (non-hydrogen) atoms. The Kier molecular flexibility index (Phi) is 5.02. The van der Waals surface area contributed by atoms with Crippen molar-refractivity contribution in [2.75, 3.05) is 0 Å². The van der Waals surface area contributed by atoms with E-state index in [0.717, 1.165) is 0 Å². The Morgan fingerprint density at radius 2 is 1.85 bits per heavy atom. The van der Waals surface area contributed by atoms with Gasteiger partial charge in [0.05, 0.1) is 28.9 Å². The number of aliphatic hydroxyl groups is 3. The van der Waals surface area contributed by atoms with Crippen LogP contribution >= 0.6 is 0 Å². The van der Waals surface area contributed by atoms with E-state index < -0.39 is 59.1 Å². The molecule has 1 unspecified atom stereocenters. The zero-order valence-electron chi connectivity index (χ0n) is 18.8. The molecule has 9 heteroatoms. The fraction of sp³-hybridized carbons (Fsp3) is 0.480. The van der Waals surface area contributed by atoms with E-state index >= 15 is 0 Å². The third-order valence-corrected chi connectivity index (χ3v) is 7.24. The maximum absolute atomic E-state index is 13.8. The third-order valence-electron chi connectivity index (χ3n) is 7.24. The number of ether oxygens (including phenoxy) is 2. The quantitative estimate of drug-likeness (QED) is 0.498. The second-order valence-electron chi connectivity index (χ2n) is 9.89. The number of hydrogen-bond donors (Lipinski definition) is 4. The van der Waals surface area contributed by atoms with Crippen LogP contribution in [0.1, 0.15) is 60.2 Å². The average molecular weight is 470 g/mol. The monoisotopic (exact) mass is 470 g/mol. The van der Waals surface area contributed by atoms with Crippen LogP contribution in [0.4, 0.5) is 0 Å². The number of carbonyl (C=O) groups is 3. The zero-order chi connectivity index (χ0) is 24.6. The van der Waals surface area contributed by atoms with Crippen LogP contribution in [-0.2, 0) is 14.3 Å². The summed E-state index contributed by atoms with van der Waals surface area (Å²) < 4.78 is 11.9. The van der Waals surface area contributed by atoms with Gasteiger partial charge in [0.25, 0.3) is 0 Å². The van der Waals surface area contributed by atoms with Crippen LogP contribution in [0.2, 0.25) is 0 Å². The third kappa shape index (κ3) is 3.08. The van der Waals surface area contributed by atoms with Gasteiger partial charge in [-0.05, 0) is 32.4 Å². The fourth-order valence-electron chi connectivity index (χ4n) is 5.66. The molecule has 9 nitrogen and oxygen atoms in total. The minimum Gasteiger partial charge on any atom is -0.507 e. The van der Waals surface area contributed by atoms with Gasteiger partial charge in [-0.1, -0.05) is 18.2 Å². The molecule has 0 spiro atoms. The Bertz CT molecular complexity index is 1180. The Morgan fingerprint density at radius 3 is 2.56 bits per heavy atom. The number of fused-ring (bicyclic) bond motifs is 3. The minimum absolute atomic E-state index is 0.108. The van der Waals surface area contributed by atoms with E-state index in [1.165, 1.54) is 37.3 Å². The predicted molar refractivity (Wildman–Crippen MR) is 116 cm³/mol. The molecule has 3 aliphatic carbocycles. The van der Waals surface area contributed by atoms with Crippen LogP contribution in [0.3, 0.4) is 0 Å². The van der Waals surface area contributed by atoms with E-state index in [-0.39, 0.29) is 40.9 Å². The summed E-state index contributed by atoms with van der Waals surface area (Å²) in [5, 5.41) is 42.8. The Balaban J connectivity index is 1.71. The highest BCUT2D eigenvalue weighted by atomic mass is 16.7. The van der Waals surface area contributed by atoms with Crippen LogP contribution in [-0.4, -0.2) is 73.1 Å². The lowest BCUT2D eigenvalue weighted by molar-refractivity contribution is -0.282. The number of rotatable bonds is 2. The van der Waals surface area contributed by atoms with Gasteiger partial charge in [-0.15, -0.1) is 0 Å². The Morgan fingerprint density at radius 1 is 1.12 bits per heavy atom. The van der Waals surface area contributed by atoms with Gasteiger partial charge in [0, 0.05) is 30.4 Å². The highest BCUT2D eigenvalue weighted by Crippen LogP contribution is 2.53. The fourth-order valence-corrected chi connectivity index (χ4v) is 5.66. The number of benzene rings is 1. The lowest BCUT2D eigenvalue weighted by Gasteiger charge is -2.55. The summed E-state index contributed by atoms with van der Waals surface area (Å²) in [6.45, 7) is 3.04. The number of phenols is 1. The Labute approximate surface area is 195 Å². The molecule has 0 radical (unpaired) electrons. The van der Waals surface area contributed by atoms with Crippen molar-refractivity contribution in [2.24, 2.45) is 0 Å². The molecule has 1 aromatic carbocycles. The summed E-state index contributed by atoms with van der Waals surface area (Å²) in [5.41, 5.74) is -6.85. The molecule has 2 fully saturated rings. The molecule has 5 rings (SSSR count). The predicted octanol–water partition coefficient (Wildman–Crippen LogP) is 1.12. The van der Waals surface area contributed by atoms with Crippen molar-refractivity contribution in [3.63, 3.8) is 0 Å².